The summed E-state index contributed by atoms with van der Waals surface area (Å²) in [6.07, 6.45) is 6.42. The maximum Gasteiger partial charge on any atom is -0.0287 e. The molecule has 0 aromatic rings. The fourth-order valence-corrected chi connectivity index (χ4v) is 0.470. The van der Waals surface area contributed by atoms with Crippen molar-refractivity contribution in [3.05, 3.63) is 23.8 Å². The normalized spacial score (nSPS) is 10.8. The van der Waals surface area contributed by atoms with Crippen LogP contribution >= 0.6 is 0 Å². The van der Waals surface area contributed by atoms with Gasteiger partial charge in [0.2, 0.25) is 0 Å². The lowest BCUT2D eigenvalue weighted by Crippen LogP contribution is -1.74. The van der Waals surface area contributed by atoms with Crippen LogP contribution in [0.1, 0.15) is 27.7 Å². The lowest BCUT2D eigenvalue weighted by Gasteiger charge is -1.89. The Morgan fingerprint density at radius 3 is 2.11 bits per heavy atom. The largest absolute Gasteiger partial charge is 0.0820 e. The molecule has 0 radical (unpaired) electrons. The van der Waals surface area contributed by atoms with Gasteiger partial charge < -0.3 is 0 Å². The molecule has 52 valence electrons. The van der Waals surface area contributed by atoms with E-state index in [2.05, 4.69) is 45.9 Å². The summed E-state index contributed by atoms with van der Waals surface area (Å²) in [5.74, 6) is 0.667. The summed E-state index contributed by atoms with van der Waals surface area (Å²) in [5.41, 5.74) is 1.35. The zero-order valence-electron chi connectivity index (χ0n) is 6.81. The maximum absolute atomic E-state index is 2.19. The van der Waals surface area contributed by atoms with Crippen molar-refractivity contribution < 1.29 is 0 Å². The highest BCUT2D eigenvalue weighted by atomic mass is 13.9. The molecule has 0 rings (SSSR count). The predicted octanol–water partition coefficient (Wildman–Crippen LogP) is 3.16. The van der Waals surface area contributed by atoms with Gasteiger partial charge in [-0.05, 0) is 19.8 Å². The Balaban J connectivity index is 3.60. The van der Waals surface area contributed by atoms with Crippen LogP contribution < -0.4 is 0 Å². The van der Waals surface area contributed by atoms with Gasteiger partial charge in [0.25, 0.3) is 0 Å². The van der Waals surface area contributed by atoms with Gasteiger partial charge >= 0.3 is 0 Å². The predicted molar refractivity (Wildman–Crippen MR) is 43.4 cm³/mol. The van der Waals surface area contributed by atoms with E-state index in [0.717, 1.165) is 0 Å². The Labute approximate surface area is 58.3 Å². The monoisotopic (exact) mass is 124 g/mol. The molecule has 0 spiro atoms. The number of hydrogen-bond donors (Lipinski definition) is 0. The van der Waals surface area contributed by atoms with Gasteiger partial charge in [0, 0.05) is 0 Å². The molecule has 0 saturated carbocycles. The van der Waals surface area contributed by atoms with Gasteiger partial charge in [0.15, 0.2) is 0 Å². The molecule has 0 unspecified atom stereocenters. The Morgan fingerprint density at radius 1 is 1.22 bits per heavy atom. The Bertz CT molecular complexity index is 112. The van der Waals surface area contributed by atoms with E-state index < -0.39 is 0 Å². The summed E-state index contributed by atoms with van der Waals surface area (Å²) in [4.78, 5) is 0. The summed E-state index contributed by atoms with van der Waals surface area (Å²) in [6.45, 7) is 8.56. The van der Waals surface area contributed by atoms with Gasteiger partial charge in [-0.2, -0.15) is 0 Å². The highest BCUT2D eigenvalue weighted by molar-refractivity contribution is 5.08. The van der Waals surface area contributed by atoms with Gasteiger partial charge in [-0.1, -0.05) is 37.6 Å². The topological polar surface area (TPSA) is 0 Å². The molecular weight excluding hydrogens is 108 g/mol. The molecule has 0 heteroatoms. The maximum atomic E-state index is 2.19. The molecule has 0 fully saturated rings. The first-order valence-electron chi connectivity index (χ1n) is 3.44. The summed E-state index contributed by atoms with van der Waals surface area (Å²) in [6, 6.07) is 0. The summed E-state index contributed by atoms with van der Waals surface area (Å²) >= 11 is 0. The van der Waals surface area contributed by atoms with Crippen molar-refractivity contribution in [3.8, 4) is 0 Å². The van der Waals surface area contributed by atoms with Crippen molar-refractivity contribution in [2.75, 3.05) is 0 Å². The fourth-order valence-electron chi connectivity index (χ4n) is 0.470. The molecule has 0 saturated heterocycles. The minimum Gasteiger partial charge on any atom is -0.0820 e. The molecule has 0 amide bonds. The molecule has 0 aromatic heterocycles. The standard InChI is InChI=1S/C9H16/c1-8(2)6-5-7-9(3)4/h5-8H,1-4H3/b6-5-. The fraction of sp³-hybridized carbons (Fsp3) is 0.556. The zero-order chi connectivity index (χ0) is 7.28. The van der Waals surface area contributed by atoms with E-state index in [1.54, 1.807) is 0 Å². The molecule has 0 aliphatic rings. The van der Waals surface area contributed by atoms with E-state index in [9.17, 15) is 0 Å². The highest BCUT2D eigenvalue weighted by Gasteiger charge is 1.79. The van der Waals surface area contributed by atoms with E-state index in [1.807, 2.05) is 0 Å². The SMILES string of the molecule is CC(C)=C/C=C\C(C)C. The van der Waals surface area contributed by atoms with Crippen LogP contribution in [0.15, 0.2) is 23.8 Å². The summed E-state index contributed by atoms with van der Waals surface area (Å²) in [7, 11) is 0. The second-order valence-electron chi connectivity index (χ2n) is 2.87. The van der Waals surface area contributed by atoms with E-state index in [0.29, 0.717) is 5.92 Å². The second-order valence-corrected chi connectivity index (χ2v) is 2.87. The summed E-state index contributed by atoms with van der Waals surface area (Å²) < 4.78 is 0. The van der Waals surface area contributed by atoms with Crippen molar-refractivity contribution in [1.82, 2.24) is 0 Å². The van der Waals surface area contributed by atoms with E-state index in [-0.39, 0.29) is 0 Å². The van der Waals surface area contributed by atoms with E-state index in [4.69, 9.17) is 0 Å². The smallest absolute Gasteiger partial charge is 0.0287 e. The third-order valence-electron chi connectivity index (χ3n) is 0.926. The summed E-state index contributed by atoms with van der Waals surface area (Å²) in [5, 5.41) is 0. The third kappa shape index (κ3) is 7.48. The van der Waals surface area contributed by atoms with Crippen molar-refractivity contribution >= 4 is 0 Å². The first-order chi connectivity index (χ1) is 4.13. The highest BCUT2D eigenvalue weighted by Crippen LogP contribution is 1.95. The first-order valence-corrected chi connectivity index (χ1v) is 3.44. The van der Waals surface area contributed by atoms with Crippen molar-refractivity contribution in [1.29, 1.82) is 0 Å². The van der Waals surface area contributed by atoms with Crippen LogP contribution in [0.3, 0.4) is 0 Å². The number of hydrogen-bond acceptors (Lipinski definition) is 0. The number of allylic oxidation sites excluding steroid dienone is 4. The van der Waals surface area contributed by atoms with Gasteiger partial charge in [-0.25, -0.2) is 0 Å². The molecule has 0 aliphatic carbocycles. The van der Waals surface area contributed by atoms with Gasteiger partial charge in [-0.3, -0.25) is 0 Å². The molecule has 0 bridgehead atoms. The van der Waals surface area contributed by atoms with Crippen LogP contribution in [0.25, 0.3) is 0 Å². The average Bonchev–Trinajstić information content (AvgIpc) is 1.63. The molecule has 0 aliphatic heterocycles. The molecule has 0 N–H and O–H groups in total. The molecule has 0 nitrogen and oxygen atoms in total. The molecule has 0 aromatic carbocycles. The Hall–Kier alpha value is -0.520. The van der Waals surface area contributed by atoms with Crippen molar-refractivity contribution in [3.63, 3.8) is 0 Å². The van der Waals surface area contributed by atoms with Crippen LogP contribution in [0.4, 0.5) is 0 Å². The zero-order valence-corrected chi connectivity index (χ0v) is 6.81. The van der Waals surface area contributed by atoms with Gasteiger partial charge in [0.1, 0.15) is 0 Å². The second kappa shape index (κ2) is 4.37. The minimum atomic E-state index is 0.667. The van der Waals surface area contributed by atoms with Gasteiger partial charge in [0.05, 0.1) is 0 Å². The Kier molecular flexibility index (Phi) is 4.12. The molecule has 9 heavy (non-hydrogen) atoms. The molecule has 0 atom stereocenters. The molecular formula is C9H16. The Morgan fingerprint density at radius 2 is 1.78 bits per heavy atom. The van der Waals surface area contributed by atoms with Crippen LogP contribution in [0, 0.1) is 5.92 Å². The van der Waals surface area contributed by atoms with Crippen LogP contribution in [0.2, 0.25) is 0 Å². The van der Waals surface area contributed by atoms with Crippen LogP contribution in [-0.2, 0) is 0 Å². The minimum absolute atomic E-state index is 0.667. The lowest BCUT2D eigenvalue weighted by atomic mass is 10.2. The van der Waals surface area contributed by atoms with E-state index >= 15 is 0 Å². The van der Waals surface area contributed by atoms with Crippen molar-refractivity contribution in [2.24, 2.45) is 5.92 Å². The quantitative estimate of drug-likeness (QED) is 0.496. The average molecular weight is 124 g/mol. The van der Waals surface area contributed by atoms with E-state index in [1.165, 1.54) is 5.57 Å². The van der Waals surface area contributed by atoms with Crippen LogP contribution in [0.5, 0.6) is 0 Å². The number of rotatable bonds is 2. The lowest BCUT2D eigenvalue weighted by molar-refractivity contribution is 0.832. The first kappa shape index (κ1) is 8.48. The van der Waals surface area contributed by atoms with Gasteiger partial charge in [-0.15, -0.1) is 0 Å². The van der Waals surface area contributed by atoms with Crippen LogP contribution in [-0.4, -0.2) is 0 Å². The van der Waals surface area contributed by atoms with Crippen molar-refractivity contribution in [2.45, 2.75) is 27.7 Å². The molecule has 0 heterocycles. The third-order valence-corrected chi connectivity index (χ3v) is 0.926.